The molecule has 1 heterocycles. The number of hydrogen-bond acceptors (Lipinski definition) is 4. The Labute approximate surface area is 96.3 Å². The highest BCUT2D eigenvalue weighted by molar-refractivity contribution is 5.68. The zero-order valence-corrected chi connectivity index (χ0v) is 10.2. The first-order valence-electron chi connectivity index (χ1n) is 5.52. The highest BCUT2D eigenvalue weighted by Gasteiger charge is 2.40. The number of carbonyl (C=O) groups is 1. The Hall–Kier alpha value is -0.650. The lowest BCUT2D eigenvalue weighted by Gasteiger charge is -2.48. The van der Waals surface area contributed by atoms with Gasteiger partial charge in [-0.2, -0.15) is 0 Å². The van der Waals surface area contributed by atoms with E-state index >= 15 is 0 Å². The quantitative estimate of drug-likeness (QED) is 0.689. The van der Waals surface area contributed by atoms with Crippen LogP contribution in [0, 0.1) is 5.92 Å². The molecule has 16 heavy (non-hydrogen) atoms. The number of nitrogens with zero attached hydrogens (tertiary/aromatic N) is 1. The van der Waals surface area contributed by atoms with Crippen molar-refractivity contribution in [2.45, 2.75) is 19.4 Å². The summed E-state index contributed by atoms with van der Waals surface area (Å²) in [5, 5.41) is 8.52. The van der Waals surface area contributed by atoms with Gasteiger partial charge in [0.2, 0.25) is 0 Å². The molecule has 5 nitrogen and oxygen atoms in total. The van der Waals surface area contributed by atoms with Crippen LogP contribution < -0.4 is 0 Å². The van der Waals surface area contributed by atoms with Gasteiger partial charge in [0, 0.05) is 33.4 Å². The van der Waals surface area contributed by atoms with Crippen LogP contribution in [-0.2, 0) is 14.3 Å². The summed E-state index contributed by atoms with van der Waals surface area (Å²) in [6, 6.07) is 0. The van der Waals surface area contributed by atoms with E-state index in [1.54, 1.807) is 7.11 Å². The fourth-order valence-electron chi connectivity index (χ4n) is 2.13. The Bertz CT molecular complexity index is 238. The van der Waals surface area contributed by atoms with Crippen molar-refractivity contribution in [3.8, 4) is 0 Å². The van der Waals surface area contributed by atoms with E-state index < -0.39 is 5.97 Å². The lowest BCUT2D eigenvalue weighted by atomic mass is 9.95. The first-order chi connectivity index (χ1) is 7.45. The van der Waals surface area contributed by atoms with Crippen LogP contribution in [0.15, 0.2) is 0 Å². The Morgan fingerprint density at radius 1 is 1.56 bits per heavy atom. The molecule has 1 unspecified atom stereocenters. The minimum atomic E-state index is -0.910. The number of methoxy groups -OCH3 is 1. The van der Waals surface area contributed by atoms with Crippen molar-refractivity contribution in [3.63, 3.8) is 0 Å². The minimum absolute atomic E-state index is 0.210. The molecule has 1 rings (SSSR count). The van der Waals surface area contributed by atoms with Gasteiger partial charge in [-0.3, -0.25) is 4.90 Å². The van der Waals surface area contributed by atoms with Crippen LogP contribution in [0.2, 0.25) is 0 Å². The van der Waals surface area contributed by atoms with E-state index in [1.807, 2.05) is 6.92 Å². The van der Waals surface area contributed by atoms with Crippen molar-refractivity contribution in [2.75, 3.05) is 40.0 Å². The largest absolute Gasteiger partial charge is 0.480 e. The maximum atomic E-state index is 10.4. The van der Waals surface area contributed by atoms with Gasteiger partial charge in [-0.15, -0.1) is 0 Å². The summed E-state index contributed by atoms with van der Waals surface area (Å²) < 4.78 is 10.4. The molecule has 0 aliphatic carbocycles. The molecule has 1 atom stereocenters. The van der Waals surface area contributed by atoms with Crippen LogP contribution in [-0.4, -0.2) is 61.5 Å². The molecule has 0 bridgehead atoms. The number of aliphatic carboxylic acids is 1. The van der Waals surface area contributed by atoms with Crippen molar-refractivity contribution < 1.29 is 19.4 Å². The molecule has 0 aromatic carbocycles. The van der Waals surface area contributed by atoms with Crippen LogP contribution >= 0.6 is 0 Å². The van der Waals surface area contributed by atoms with Gasteiger partial charge in [0.1, 0.15) is 6.61 Å². The molecule has 0 aromatic rings. The highest BCUT2D eigenvalue weighted by Crippen LogP contribution is 2.25. The lowest BCUT2D eigenvalue weighted by Crippen LogP contribution is -2.62. The van der Waals surface area contributed by atoms with E-state index in [2.05, 4.69) is 11.8 Å². The molecule has 5 heteroatoms. The summed E-state index contributed by atoms with van der Waals surface area (Å²) in [5.74, 6) is -0.415. The van der Waals surface area contributed by atoms with E-state index in [4.69, 9.17) is 14.6 Å². The fourth-order valence-corrected chi connectivity index (χ4v) is 2.13. The molecular weight excluding hydrogens is 210 g/mol. The molecule has 1 N–H and O–H groups in total. The second-order valence-electron chi connectivity index (χ2n) is 4.86. The van der Waals surface area contributed by atoms with Gasteiger partial charge in [-0.05, 0) is 12.8 Å². The van der Waals surface area contributed by atoms with Crippen LogP contribution in [0.5, 0.6) is 0 Å². The number of carboxylic acid groups (broad SMARTS) is 1. The summed E-state index contributed by atoms with van der Waals surface area (Å²) in [6.07, 6.45) is 0. The van der Waals surface area contributed by atoms with Crippen LogP contribution in [0.1, 0.15) is 13.8 Å². The average Bonchev–Trinajstić information content (AvgIpc) is 2.12. The first-order valence-corrected chi connectivity index (χ1v) is 5.52. The van der Waals surface area contributed by atoms with E-state index in [-0.39, 0.29) is 12.2 Å². The van der Waals surface area contributed by atoms with Gasteiger partial charge in [-0.25, -0.2) is 4.79 Å². The van der Waals surface area contributed by atoms with Crippen LogP contribution in [0.25, 0.3) is 0 Å². The van der Waals surface area contributed by atoms with Gasteiger partial charge in [0.15, 0.2) is 0 Å². The van der Waals surface area contributed by atoms with Crippen LogP contribution in [0.3, 0.4) is 0 Å². The Kier molecular flexibility index (Phi) is 4.70. The number of hydrogen-bond donors (Lipinski definition) is 1. The molecule has 0 spiro atoms. The van der Waals surface area contributed by atoms with Gasteiger partial charge in [-0.1, -0.05) is 6.92 Å². The van der Waals surface area contributed by atoms with Gasteiger partial charge in [0.05, 0.1) is 5.60 Å². The maximum Gasteiger partial charge on any atom is 0.329 e. The summed E-state index contributed by atoms with van der Waals surface area (Å²) in [5.41, 5.74) is -0.287. The predicted octanol–water partition coefficient (Wildman–Crippen LogP) is 0.444. The average molecular weight is 231 g/mol. The Morgan fingerprint density at radius 2 is 2.19 bits per heavy atom. The standard InChI is InChI=1S/C11H21NO4/c1-9(5-15-3)4-12-7-11(2,8-12)16-6-10(13)14/h9H,4-8H2,1-3H3,(H,13,14). The molecule has 1 fully saturated rings. The molecular formula is C11H21NO4. The third kappa shape index (κ3) is 4.08. The number of ether oxygens (including phenoxy) is 2. The SMILES string of the molecule is COCC(C)CN1CC(C)(OCC(=O)O)C1. The maximum absolute atomic E-state index is 10.4. The van der Waals surface area contributed by atoms with Gasteiger partial charge < -0.3 is 14.6 Å². The highest BCUT2D eigenvalue weighted by atomic mass is 16.5. The molecule has 94 valence electrons. The molecule has 1 aliphatic rings. The molecule has 0 radical (unpaired) electrons. The van der Waals surface area contributed by atoms with Crippen molar-refractivity contribution >= 4 is 5.97 Å². The number of rotatable bonds is 7. The molecule has 0 amide bonds. The molecule has 0 saturated carbocycles. The van der Waals surface area contributed by atoms with E-state index in [1.165, 1.54) is 0 Å². The smallest absolute Gasteiger partial charge is 0.329 e. The Morgan fingerprint density at radius 3 is 2.69 bits per heavy atom. The predicted molar refractivity (Wildman–Crippen MR) is 59.5 cm³/mol. The summed E-state index contributed by atoms with van der Waals surface area (Å²) >= 11 is 0. The summed E-state index contributed by atoms with van der Waals surface area (Å²) in [7, 11) is 1.70. The van der Waals surface area contributed by atoms with Crippen molar-refractivity contribution in [1.82, 2.24) is 4.90 Å². The third-order valence-electron chi connectivity index (χ3n) is 2.68. The van der Waals surface area contributed by atoms with Crippen molar-refractivity contribution in [3.05, 3.63) is 0 Å². The van der Waals surface area contributed by atoms with Gasteiger partial charge in [0.25, 0.3) is 0 Å². The zero-order valence-electron chi connectivity index (χ0n) is 10.2. The fraction of sp³-hybridized carbons (Fsp3) is 0.909. The minimum Gasteiger partial charge on any atom is -0.480 e. The summed E-state index contributed by atoms with van der Waals surface area (Å²) in [6.45, 7) is 7.20. The second kappa shape index (κ2) is 5.61. The molecule has 1 aliphatic heterocycles. The van der Waals surface area contributed by atoms with E-state index in [0.717, 1.165) is 26.2 Å². The normalized spacial score (nSPS) is 21.4. The van der Waals surface area contributed by atoms with Crippen molar-refractivity contribution in [1.29, 1.82) is 0 Å². The van der Waals surface area contributed by atoms with E-state index in [0.29, 0.717) is 5.92 Å². The zero-order chi connectivity index (χ0) is 12.2. The van der Waals surface area contributed by atoms with Crippen molar-refractivity contribution in [2.24, 2.45) is 5.92 Å². The van der Waals surface area contributed by atoms with Gasteiger partial charge >= 0.3 is 5.97 Å². The monoisotopic (exact) mass is 231 g/mol. The topological polar surface area (TPSA) is 59.0 Å². The van der Waals surface area contributed by atoms with E-state index in [9.17, 15) is 4.79 Å². The second-order valence-corrected chi connectivity index (χ2v) is 4.86. The lowest BCUT2D eigenvalue weighted by molar-refractivity contribution is -0.166. The van der Waals surface area contributed by atoms with Crippen LogP contribution in [0.4, 0.5) is 0 Å². The first kappa shape index (κ1) is 13.4. The summed E-state index contributed by atoms with van der Waals surface area (Å²) in [4.78, 5) is 12.6. The number of likely N-dealkylation sites (tertiary alicyclic amines) is 1. The number of carboxylic acids is 1. The molecule has 1 saturated heterocycles. The Balaban J connectivity index is 2.17. The third-order valence-corrected chi connectivity index (χ3v) is 2.68. The molecule has 0 aromatic heterocycles.